The van der Waals surface area contributed by atoms with Gasteiger partial charge in [-0.05, 0) is 38.5 Å². The number of hydrogen-bond acceptors (Lipinski definition) is 6. The fourth-order valence-electron chi connectivity index (χ4n) is 2.41. The van der Waals surface area contributed by atoms with E-state index in [0.717, 1.165) is 11.3 Å². The zero-order valence-electron chi connectivity index (χ0n) is 15.4. The highest BCUT2D eigenvalue weighted by atomic mass is 32.2. The second-order valence-corrected chi connectivity index (χ2v) is 7.89. The van der Waals surface area contributed by atoms with Crippen LogP contribution in [0.3, 0.4) is 0 Å². The van der Waals surface area contributed by atoms with Gasteiger partial charge in [-0.25, -0.2) is 0 Å². The van der Waals surface area contributed by atoms with Crippen molar-refractivity contribution in [2.75, 3.05) is 26.0 Å². The molecule has 2 rings (SSSR count). The fourth-order valence-corrected chi connectivity index (χ4v) is 3.60. The van der Waals surface area contributed by atoms with Gasteiger partial charge in [0.15, 0.2) is 0 Å². The molecule has 142 valence electrons. The minimum atomic E-state index is -0.536. The third-order valence-corrected chi connectivity index (χ3v) is 4.78. The van der Waals surface area contributed by atoms with Crippen molar-refractivity contribution in [1.29, 1.82) is 0 Å². The number of amides is 2. The first-order valence-corrected chi connectivity index (χ1v) is 9.28. The van der Waals surface area contributed by atoms with Crippen LogP contribution in [0.4, 0.5) is 0 Å². The smallest absolute Gasteiger partial charge is 0.325 e. The van der Waals surface area contributed by atoms with Crippen LogP contribution in [0.25, 0.3) is 0 Å². The van der Waals surface area contributed by atoms with E-state index in [0.29, 0.717) is 5.75 Å². The summed E-state index contributed by atoms with van der Waals surface area (Å²) >= 11 is 1.47. The number of hydrogen-bond donors (Lipinski definition) is 1. The molecule has 0 radical (unpaired) electrons. The molecule has 0 spiro atoms. The van der Waals surface area contributed by atoms with Crippen LogP contribution in [0.2, 0.25) is 0 Å². The van der Waals surface area contributed by atoms with E-state index in [4.69, 9.17) is 4.74 Å². The van der Waals surface area contributed by atoms with E-state index in [1.54, 1.807) is 0 Å². The molecule has 1 fully saturated rings. The fraction of sp³-hybridized carbons (Fsp3) is 0.500. The van der Waals surface area contributed by atoms with Crippen molar-refractivity contribution in [2.24, 2.45) is 0 Å². The Kier molecular flexibility index (Phi) is 6.52. The van der Waals surface area contributed by atoms with E-state index in [1.807, 2.05) is 45.0 Å². The number of thioether (sulfide) groups is 1. The number of carbonyl (C=O) groups is 3. The molecule has 1 N–H and O–H groups in total. The molecule has 1 unspecified atom stereocenters. The average molecular weight is 380 g/mol. The third-order valence-electron chi connectivity index (χ3n) is 3.53. The topological polar surface area (TPSA) is 84.9 Å². The molecule has 1 atom stereocenters. The molecule has 1 aromatic carbocycles. The summed E-state index contributed by atoms with van der Waals surface area (Å²) < 4.78 is 10.3. The number of methoxy groups -OCH3 is 1. The largest absolute Gasteiger partial charge is 0.488 e. The lowest BCUT2D eigenvalue weighted by atomic mass is 10.1. The van der Waals surface area contributed by atoms with Gasteiger partial charge in [0.2, 0.25) is 11.8 Å². The lowest BCUT2D eigenvalue weighted by molar-refractivity contribution is -0.141. The quantitative estimate of drug-likeness (QED) is 0.757. The molecular formula is C18H24N2O5S. The van der Waals surface area contributed by atoms with E-state index < -0.39 is 11.9 Å². The van der Waals surface area contributed by atoms with Crippen LogP contribution in [-0.2, 0) is 19.1 Å². The van der Waals surface area contributed by atoms with Gasteiger partial charge in [0.1, 0.15) is 29.8 Å². The molecule has 8 heteroatoms. The van der Waals surface area contributed by atoms with Gasteiger partial charge in [0, 0.05) is 0 Å². The Hall–Kier alpha value is -2.22. The third kappa shape index (κ3) is 5.66. The van der Waals surface area contributed by atoms with Gasteiger partial charge >= 0.3 is 5.97 Å². The molecule has 1 saturated heterocycles. The summed E-state index contributed by atoms with van der Waals surface area (Å²) in [5.74, 6) is 0.0198. The van der Waals surface area contributed by atoms with Gasteiger partial charge in [0.25, 0.3) is 0 Å². The van der Waals surface area contributed by atoms with Crippen molar-refractivity contribution in [3.8, 4) is 5.75 Å². The van der Waals surface area contributed by atoms with Crippen LogP contribution in [-0.4, -0.2) is 54.2 Å². The molecule has 1 aliphatic rings. The Morgan fingerprint density at radius 1 is 1.27 bits per heavy atom. The summed E-state index contributed by atoms with van der Waals surface area (Å²) in [4.78, 5) is 36.8. The van der Waals surface area contributed by atoms with Crippen LogP contribution in [0, 0.1) is 0 Å². The summed E-state index contributed by atoms with van der Waals surface area (Å²) in [6, 6.07) is 7.52. The molecule has 0 saturated carbocycles. The maximum Gasteiger partial charge on any atom is 0.325 e. The highest BCUT2D eigenvalue weighted by molar-refractivity contribution is 8.00. The summed E-state index contributed by atoms with van der Waals surface area (Å²) in [7, 11) is 1.25. The first-order chi connectivity index (χ1) is 12.2. The minimum absolute atomic E-state index is 0.103. The Morgan fingerprint density at radius 2 is 1.92 bits per heavy atom. The number of ether oxygens (including phenoxy) is 2. The van der Waals surface area contributed by atoms with Crippen molar-refractivity contribution in [2.45, 2.75) is 31.7 Å². The molecular weight excluding hydrogens is 356 g/mol. The molecule has 2 amide bonds. The predicted molar refractivity (Wildman–Crippen MR) is 98.8 cm³/mol. The van der Waals surface area contributed by atoms with Crippen molar-refractivity contribution in [3.63, 3.8) is 0 Å². The van der Waals surface area contributed by atoms with Gasteiger partial charge in [-0.15, -0.1) is 11.8 Å². The monoisotopic (exact) mass is 380 g/mol. The predicted octanol–water partition coefficient (Wildman–Crippen LogP) is 1.73. The number of nitrogens with zero attached hydrogens (tertiary/aromatic N) is 1. The average Bonchev–Trinajstić information content (AvgIpc) is 2.93. The first kappa shape index (κ1) is 20.1. The maximum absolute atomic E-state index is 12.2. The van der Waals surface area contributed by atoms with Crippen molar-refractivity contribution in [3.05, 3.63) is 29.8 Å². The molecule has 1 heterocycles. The van der Waals surface area contributed by atoms with E-state index in [-0.39, 0.29) is 30.0 Å². The van der Waals surface area contributed by atoms with E-state index in [2.05, 4.69) is 10.1 Å². The first-order valence-electron chi connectivity index (χ1n) is 8.23. The van der Waals surface area contributed by atoms with Gasteiger partial charge < -0.3 is 19.7 Å². The van der Waals surface area contributed by atoms with E-state index >= 15 is 0 Å². The van der Waals surface area contributed by atoms with Crippen molar-refractivity contribution >= 4 is 29.5 Å². The normalized spacial score (nSPS) is 17.2. The molecule has 1 aromatic rings. The number of rotatable bonds is 6. The van der Waals surface area contributed by atoms with Crippen LogP contribution < -0.4 is 10.1 Å². The zero-order valence-corrected chi connectivity index (χ0v) is 16.2. The molecule has 26 heavy (non-hydrogen) atoms. The van der Waals surface area contributed by atoms with Crippen LogP contribution in [0.5, 0.6) is 5.75 Å². The second-order valence-electron chi connectivity index (χ2n) is 6.82. The van der Waals surface area contributed by atoms with E-state index in [1.165, 1.54) is 23.8 Å². The number of carbonyl (C=O) groups excluding carboxylic acids is 3. The Bertz CT molecular complexity index is 669. The maximum atomic E-state index is 12.2. The van der Waals surface area contributed by atoms with Crippen LogP contribution in [0.1, 0.15) is 31.7 Å². The Labute approximate surface area is 157 Å². The standard InChI is InChI=1S/C18H24N2O5S/c1-18(2,3)25-13-7-5-12(6-8-13)17-20(15(22)11-26-17)10-14(21)19-9-16(23)24-4/h5-8,17H,9-11H2,1-4H3,(H,19,21). The molecule has 0 aliphatic carbocycles. The number of nitrogens with one attached hydrogen (secondary N) is 1. The highest BCUT2D eigenvalue weighted by Gasteiger charge is 2.34. The van der Waals surface area contributed by atoms with E-state index in [9.17, 15) is 14.4 Å². The summed E-state index contributed by atoms with van der Waals surface area (Å²) in [5.41, 5.74) is 0.631. The van der Waals surface area contributed by atoms with Crippen LogP contribution >= 0.6 is 11.8 Å². The Morgan fingerprint density at radius 3 is 2.50 bits per heavy atom. The SMILES string of the molecule is COC(=O)CNC(=O)CN1C(=O)CSC1c1ccc(OC(C)(C)C)cc1. The van der Waals surface area contributed by atoms with Gasteiger partial charge in [-0.1, -0.05) is 12.1 Å². The van der Waals surface area contributed by atoms with Gasteiger partial charge in [-0.3, -0.25) is 14.4 Å². The molecule has 0 bridgehead atoms. The van der Waals surface area contributed by atoms with Gasteiger partial charge in [-0.2, -0.15) is 0 Å². The summed E-state index contributed by atoms with van der Waals surface area (Å²) in [5, 5.41) is 2.21. The highest BCUT2D eigenvalue weighted by Crippen LogP contribution is 2.38. The molecule has 1 aliphatic heterocycles. The summed E-state index contributed by atoms with van der Waals surface area (Å²) in [6.07, 6.45) is 0. The minimum Gasteiger partial charge on any atom is -0.488 e. The molecule has 7 nitrogen and oxygen atoms in total. The number of esters is 1. The van der Waals surface area contributed by atoms with Crippen LogP contribution in [0.15, 0.2) is 24.3 Å². The second kappa shape index (κ2) is 8.44. The lowest BCUT2D eigenvalue weighted by Crippen LogP contribution is -2.41. The Balaban J connectivity index is 2.02. The number of benzene rings is 1. The van der Waals surface area contributed by atoms with Gasteiger partial charge in [0.05, 0.1) is 12.9 Å². The van der Waals surface area contributed by atoms with Crippen molar-refractivity contribution < 1.29 is 23.9 Å². The molecule has 0 aromatic heterocycles. The lowest BCUT2D eigenvalue weighted by Gasteiger charge is -2.25. The van der Waals surface area contributed by atoms with Crippen molar-refractivity contribution in [1.82, 2.24) is 10.2 Å². The summed E-state index contributed by atoms with van der Waals surface area (Å²) in [6.45, 7) is 5.60. The zero-order chi connectivity index (χ0) is 19.3.